The van der Waals surface area contributed by atoms with Gasteiger partial charge < -0.3 is 5.11 Å². The van der Waals surface area contributed by atoms with Crippen LogP contribution < -0.4 is 0 Å². The summed E-state index contributed by atoms with van der Waals surface area (Å²) in [6.07, 6.45) is 4.58. The number of aliphatic imine (C=N–C) groups is 1. The zero-order chi connectivity index (χ0) is 12.3. The zero-order valence-electron chi connectivity index (χ0n) is 9.51. The van der Waals surface area contributed by atoms with Crippen molar-refractivity contribution in [2.75, 3.05) is 0 Å². The molecule has 1 atom stereocenters. The molecule has 0 amide bonds. The number of aliphatic hydroxyl groups excluding tert-OH is 1. The van der Waals surface area contributed by atoms with Crippen LogP contribution in [-0.4, -0.2) is 26.0 Å². The first-order chi connectivity index (χ1) is 8.15. The van der Waals surface area contributed by atoms with Crippen molar-refractivity contribution < 1.29 is 5.11 Å². The van der Waals surface area contributed by atoms with Gasteiger partial charge in [-0.3, -0.25) is 4.99 Å². The van der Waals surface area contributed by atoms with Crippen LogP contribution in [-0.2, 0) is 5.88 Å². The largest absolute Gasteiger partial charge is 0.389 e. The number of halogens is 1. The highest BCUT2D eigenvalue weighted by atomic mass is 35.5. The molecule has 1 aliphatic heterocycles. The molecule has 1 unspecified atom stereocenters. The van der Waals surface area contributed by atoms with Crippen molar-refractivity contribution in [3.05, 3.63) is 29.2 Å². The Kier molecular flexibility index (Phi) is 4.25. The Balaban J connectivity index is 1.96. The SMILES string of the molecule is CC1=CC(O)CCC(SCn2nccc2Cl)=N1. The maximum atomic E-state index is 9.58. The molecule has 0 radical (unpaired) electrons. The number of hydrogen-bond acceptors (Lipinski definition) is 4. The van der Waals surface area contributed by atoms with E-state index in [1.807, 2.05) is 6.92 Å². The Labute approximate surface area is 109 Å². The molecule has 0 spiro atoms. The smallest absolute Gasteiger partial charge is 0.128 e. The Hall–Kier alpha value is -0.780. The van der Waals surface area contributed by atoms with Crippen LogP contribution in [0.5, 0.6) is 0 Å². The molecule has 0 bridgehead atoms. The maximum absolute atomic E-state index is 9.58. The summed E-state index contributed by atoms with van der Waals surface area (Å²) in [5, 5.41) is 15.3. The molecule has 92 valence electrons. The van der Waals surface area contributed by atoms with Crippen molar-refractivity contribution in [3.8, 4) is 0 Å². The fraction of sp³-hybridized carbons (Fsp3) is 0.455. The van der Waals surface area contributed by atoms with E-state index in [-0.39, 0.29) is 6.10 Å². The quantitative estimate of drug-likeness (QED) is 0.900. The second-order valence-electron chi connectivity index (χ2n) is 3.85. The van der Waals surface area contributed by atoms with E-state index >= 15 is 0 Å². The van der Waals surface area contributed by atoms with Gasteiger partial charge in [0.2, 0.25) is 0 Å². The minimum Gasteiger partial charge on any atom is -0.389 e. The summed E-state index contributed by atoms with van der Waals surface area (Å²) in [6.45, 7) is 1.90. The van der Waals surface area contributed by atoms with Gasteiger partial charge in [-0.2, -0.15) is 5.10 Å². The molecule has 6 heteroatoms. The first-order valence-electron chi connectivity index (χ1n) is 5.39. The third-order valence-electron chi connectivity index (χ3n) is 2.41. The Bertz CT molecular complexity index is 455. The van der Waals surface area contributed by atoms with Gasteiger partial charge in [0.05, 0.1) is 23.2 Å². The highest BCUT2D eigenvalue weighted by molar-refractivity contribution is 8.13. The van der Waals surface area contributed by atoms with E-state index in [0.29, 0.717) is 11.0 Å². The lowest BCUT2D eigenvalue weighted by Crippen LogP contribution is -2.04. The first-order valence-corrected chi connectivity index (χ1v) is 6.75. The Morgan fingerprint density at radius 3 is 3.18 bits per heavy atom. The van der Waals surface area contributed by atoms with Crippen LogP contribution in [0.1, 0.15) is 19.8 Å². The minimum absolute atomic E-state index is 0.384. The number of rotatable bonds is 2. The van der Waals surface area contributed by atoms with Gasteiger partial charge in [-0.15, -0.1) is 0 Å². The number of aromatic nitrogens is 2. The lowest BCUT2D eigenvalue weighted by atomic mass is 10.2. The lowest BCUT2D eigenvalue weighted by Gasteiger charge is -2.06. The fourth-order valence-electron chi connectivity index (χ4n) is 1.57. The summed E-state index contributed by atoms with van der Waals surface area (Å²) >= 11 is 7.54. The van der Waals surface area contributed by atoms with Gasteiger partial charge in [0.1, 0.15) is 5.15 Å². The number of nitrogens with zero attached hydrogens (tertiary/aromatic N) is 3. The molecule has 17 heavy (non-hydrogen) atoms. The number of hydrogen-bond donors (Lipinski definition) is 1. The van der Waals surface area contributed by atoms with Crippen LogP contribution in [0.2, 0.25) is 5.15 Å². The predicted molar refractivity (Wildman–Crippen MR) is 71.3 cm³/mol. The standard InChI is InChI=1S/C11H14ClN3OS/c1-8-6-9(16)2-3-11(14-8)17-7-15-10(12)4-5-13-15/h4-6,9,16H,2-3,7H2,1H3. The normalized spacial score (nSPS) is 20.8. The molecule has 1 aromatic heterocycles. The van der Waals surface area contributed by atoms with E-state index in [1.165, 1.54) is 0 Å². The molecule has 2 heterocycles. The van der Waals surface area contributed by atoms with Crippen LogP contribution >= 0.6 is 23.4 Å². The molecule has 0 saturated heterocycles. The monoisotopic (exact) mass is 271 g/mol. The number of aliphatic hydroxyl groups is 1. The van der Waals surface area contributed by atoms with Crippen LogP contribution in [0.15, 0.2) is 29.0 Å². The lowest BCUT2D eigenvalue weighted by molar-refractivity contribution is 0.215. The molecule has 1 N–H and O–H groups in total. The van der Waals surface area contributed by atoms with E-state index in [9.17, 15) is 5.11 Å². The summed E-state index contributed by atoms with van der Waals surface area (Å²) in [6, 6.07) is 1.76. The molecular weight excluding hydrogens is 258 g/mol. The number of thioether (sulfide) groups is 1. The van der Waals surface area contributed by atoms with Gasteiger partial charge in [-0.25, -0.2) is 4.68 Å². The molecule has 0 aromatic carbocycles. The van der Waals surface area contributed by atoms with Gasteiger partial charge in [0, 0.05) is 5.70 Å². The zero-order valence-corrected chi connectivity index (χ0v) is 11.1. The van der Waals surface area contributed by atoms with Gasteiger partial charge in [0.15, 0.2) is 0 Å². The van der Waals surface area contributed by atoms with Crippen LogP contribution in [0.25, 0.3) is 0 Å². The second kappa shape index (κ2) is 5.71. The van der Waals surface area contributed by atoms with Crippen LogP contribution in [0, 0.1) is 0 Å². The van der Waals surface area contributed by atoms with Crippen molar-refractivity contribution in [3.63, 3.8) is 0 Å². The van der Waals surface area contributed by atoms with Gasteiger partial charge in [0.25, 0.3) is 0 Å². The van der Waals surface area contributed by atoms with Gasteiger partial charge in [-0.1, -0.05) is 23.4 Å². The number of allylic oxidation sites excluding steroid dienone is 1. The highest BCUT2D eigenvalue weighted by Crippen LogP contribution is 2.21. The van der Waals surface area contributed by atoms with Crippen LogP contribution in [0.3, 0.4) is 0 Å². The average Bonchev–Trinajstić information content (AvgIpc) is 2.60. The first kappa shape index (κ1) is 12.7. The van der Waals surface area contributed by atoms with Crippen molar-refractivity contribution in [2.24, 2.45) is 4.99 Å². The second-order valence-corrected chi connectivity index (χ2v) is 5.25. The predicted octanol–water partition coefficient (Wildman–Crippen LogP) is 2.68. The molecular formula is C11H14ClN3OS. The molecule has 0 aliphatic carbocycles. The topological polar surface area (TPSA) is 50.4 Å². The molecule has 1 aliphatic rings. The molecule has 1 aromatic rings. The van der Waals surface area contributed by atoms with Crippen molar-refractivity contribution in [2.45, 2.75) is 31.7 Å². The Morgan fingerprint density at radius 2 is 2.47 bits per heavy atom. The highest BCUT2D eigenvalue weighted by Gasteiger charge is 2.11. The molecule has 4 nitrogen and oxygen atoms in total. The summed E-state index contributed by atoms with van der Waals surface area (Å²) in [5.74, 6) is 0.647. The van der Waals surface area contributed by atoms with E-state index in [2.05, 4.69) is 10.1 Å². The van der Waals surface area contributed by atoms with E-state index in [4.69, 9.17) is 11.6 Å². The van der Waals surface area contributed by atoms with Crippen molar-refractivity contribution in [1.29, 1.82) is 0 Å². The van der Waals surface area contributed by atoms with Gasteiger partial charge in [-0.05, 0) is 31.9 Å². The summed E-state index contributed by atoms with van der Waals surface area (Å²) in [5.41, 5.74) is 0.865. The molecule has 0 fully saturated rings. The molecule has 2 rings (SSSR count). The van der Waals surface area contributed by atoms with E-state index in [0.717, 1.165) is 23.6 Å². The minimum atomic E-state index is -0.384. The van der Waals surface area contributed by atoms with Crippen LogP contribution in [0.4, 0.5) is 0 Å². The van der Waals surface area contributed by atoms with Gasteiger partial charge >= 0.3 is 0 Å². The summed E-state index contributed by atoms with van der Waals surface area (Å²) in [4.78, 5) is 4.45. The Morgan fingerprint density at radius 1 is 1.65 bits per heavy atom. The van der Waals surface area contributed by atoms with Crippen molar-refractivity contribution >= 4 is 28.4 Å². The third-order valence-corrected chi connectivity index (χ3v) is 3.73. The fourth-order valence-corrected chi connectivity index (χ4v) is 2.75. The van der Waals surface area contributed by atoms with E-state index in [1.54, 1.807) is 34.8 Å². The average molecular weight is 272 g/mol. The van der Waals surface area contributed by atoms with E-state index < -0.39 is 0 Å². The summed E-state index contributed by atoms with van der Waals surface area (Å²) in [7, 11) is 0. The third kappa shape index (κ3) is 3.59. The molecule has 0 saturated carbocycles. The summed E-state index contributed by atoms with van der Waals surface area (Å²) < 4.78 is 1.72. The van der Waals surface area contributed by atoms with Crippen molar-refractivity contribution in [1.82, 2.24) is 9.78 Å². The maximum Gasteiger partial charge on any atom is 0.128 e.